The highest BCUT2D eigenvalue weighted by Crippen LogP contribution is 2.31. The Morgan fingerprint density at radius 3 is 2.71 bits per heavy atom. The van der Waals surface area contributed by atoms with Crippen molar-refractivity contribution in [2.45, 2.75) is 45.3 Å². The summed E-state index contributed by atoms with van der Waals surface area (Å²) in [7, 11) is 0. The molecule has 3 aliphatic heterocycles. The molecule has 1 N–H and O–H groups in total. The maximum absolute atomic E-state index is 12.8. The summed E-state index contributed by atoms with van der Waals surface area (Å²) in [5, 5.41) is 2.35. The molecule has 0 saturated carbocycles. The third-order valence-electron chi connectivity index (χ3n) is 6.34. The first-order valence-corrected chi connectivity index (χ1v) is 11.5. The lowest BCUT2D eigenvalue weighted by Crippen LogP contribution is -2.52. The van der Waals surface area contributed by atoms with E-state index < -0.39 is 6.04 Å². The molecule has 31 heavy (non-hydrogen) atoms. The van der Waals surface area contributed by atoms with Gasteiger partial charge < -0.3 is 4.90 Å². The minimum atomic E-state index is -0.562. The molecule has 0 bridgehead atoms. The highest BCUT2D eigenvalue weighted by Gasteiger charge is 2.39. The van der Waals surface area contributed by atoms with E-state index in [1.54, 1.807) is 4.90 Å². The number of hydrogen-bond donors (Lipinski definition) is 1. The van der Waals surface area contributed by atoms with Gasteiger partial charge in [-0.1, -0.05) is 18.2 Å². The molecule has 0 aliphatic carbocycles. The van der Waals surface area contributed by atoms with Crippen molar-refractivity contribution in [2.24, 2.45) is 0 Å². The maximum Gasteiger partial charge on any atom is 0.255 e. The van der Waals surface area contributed by atoms with Crippen LogP contribution < -0.4 is 5.32 Å². The van der Waals surface area contributed by atoms with E-state index in [0.29, 0.717) is 18.5 Å². The van der Waals surface area contributed by atoms with Gasteiger partial charge in [0.1, 0.15) is 6.04 Å². The Morgan fingerprint density at radius 2 is 2.00 bits per heavy atom. The predicted molar refractivity (Wildman–Crippen MR) is 119 cm³/mol. The first-order chi connectivity index (χ1) is 15.0. The average molecular weight is 436 g/mol. The van der Waals surface area contributed by atoms with Gasteiger partial charge in [0.25, 0.3) is 5.91 Å². The molecule has 3 amide bonds. The fourth-order valence-corrected chi connectivity index (χ4v) is 5.61. The van der Waals surface area contributed by atoms with E-state index in [0.717, 1.165) is 31.6 Å². The number of nitrogens with zero attached hydrogens (tertiary/aromatic N) is 2. The second kappa shape index (κ2) is 8.05. The Kier molecular flexibility index (Phi) is 5.24. The Bertz CT molecular complexity index is 1100. The number of nitrogens with one attached hydrogen (secondary N) is 1. The van der Waals surface area contributed by atoms with Crippen LogP contribution in [0, 0.1) is 6.92 Å². The monoisotopic (exact) mass is 435 g/mol. The van der Waals surface area contributed by atoms with Crippen LogP contribution in [0.2, 0.25) is 0 Å². The lowest BCUT2D eigenvalue weighted by atomic mass is 10.0. The van der Waals surface area contributed by atoms with Crippen LogP contribution in [0.3, 0.4) is 0 Å². The Balaban J connectivity index is 1.25. The number of thiophene rings is 1. The van der Waals surface area contributed by atoms with Gasteiger partial charge in [0.05, 0.1) is 0 Å². The van der Waals surface area contributed by atoms with E-state index >= 15 is 0 Å². The second-order valence-corrected chi connectivity index (χ2v) is 9.80. The zero-order chi connectivity index (χ0) is 21.5. The van der Waals surface area contributed by atoms with Gasteiger partial charge >= 0.3 is 0 Å². The van der Waals surface area contributed by atoms with E-state index in [1.807, 2.05) is 23.5 Å². The average Bonchev–Trinajstić information content (AvgIpc) is 3.32. The third kappa shape index (κ3) is 3.95. The Morgan fingerprint density at radius 1 is 1.13 bits per heavy atom. The Labute approximate surface area is 185 Å². The molecule has 0 radical (unpaired) electrons. The van der Waals surface area contributed by atoms with Crippen LogP contribution in [0.4, 0.5) is 0 Å². The smallest absolute Gasteiger partial charge is 0.255 e. The van der Waals surface area contributed by atoms with E-state index in [2.05, 4.69) is 41.4 Å². The number of fused-ring (bicyclic) bond motifs is 1. The molecule has 160 valence electrons. The summed E-state index contributed by atoms with van der Waals surface area (Å²) in [6.07, 6.45) is 4.05. The molecule has 6 nitrogen and oxygen atoms in total. The van der Waals surface area contributed by atoms with Crippen LogP contribution in [0.25, 0.3) is 5.57 Å². The molecule has 1 aromatic carbocycles. The zero-order valence-corrected chi connectivity index (χ0v) is 18.3. The maximum atomic E-state index is 12.8. The van der Waals surface area contributed by atoms with Gasteiger partial charge in [-0.25, -0.2) is 0 Å². The number of rotatable bonds is 4. The van der Waals surface area contributed by atoms with Gasteiger partial charge in [-0.2, -0.15) is 0 Å². The number of carbonyl (C=O) groups is 3. The van der Waals surface area contributed by atoms with Crippen LogP contribution >= 0.6 is 11.3 Å². The highest BCUT2D eigenvalue weighted by atomic mass is 32.1. The van der Waals surface area contributed by atoms with Crippen molar-refractivity contribution >= 4 is 34.6 Å². The minimum absolute atomic E-state index is 0.118. The topological polar surface area (TPSA) is 69.7 Å². The van der Waals surface area contributed by atoms with Crippen LogP contribution in [0.1, 0.15) is 50.5 Å². The molecule has 5 rings (SSSR count). The van der Waals surface area contributed by atoms with Gasteiger partial charge in [-0.15, -0.1) is 11.3 Å². The SMILES string of the molecule is Cc1ccc(C2=CCN(Cc3ccc4c(c3)CN(C3CCC(=O)NC3=O)C4=O)CC2)s1. The lowest BCUT2D eigenvalue weighted by molar-refractivity contribution is -0.136. The molecule has 1 atom stereocenters. The summed E-state index contributed by atoms with van der Waals surface area (Å²) in [6.45, 7) is 5.35. The molecular formula is C24H25N3O3S. The van der Waals surface area contributed by atoms with Gasteiger partial charge in [-0.05, 0) is 54.7 Å². The molecule has 0 spiro atoms. The molecule has 1 fully saturated rings. The summed E-state index contributed by atoms with van der Waals surface area (Å²) in [5.74, 6) is -0.747. The van der Waals surface area contributed by atoms with Crippen LogP contribution in [0.15, 0.2) is 36.4 Å². The molecule has 4 heterocycles. The number of amides is 3. The normalized spacial score (nSPS) is 21.8. The number of hydrogen-bond acceptors (Lipinski definition) is 5. The quantitative estimate of drug-likeness (QED) is 0.750. The van der Waals surface area contributed by atoms with Crippen molar-refractivity contribution in [1.29, 1.82) is 0 Å². The van der Waals surface area contributed by atoms with E-state index in [9.17, 15) is 14.4 Å². The zero-order valence-electron chi connectivity index (χ0n) is 17.5. The Hall–Kier alpha value is -2.77. The first kappa shape index (κ1) is 20.2. The van der Waals surface area contributed by atoms with Crippen molar-refractivity contribution < 1.29 is 14.4 Å². The van der Waals surface area contributed by atoms with Crippen molar-refractivity contribution in [3.63, 3.8) is 0 Å². The van der Waals surface area contributed by atoms with E-state index in [4.69, 9.17) is 0 Å². The van der Waals surface area contributed by atoms with E-state index in [-0.39, 0.29) is 24.1 Å². The van der Waals surface area contributed by atoms with Crippen molar-refractivity contribution in [3.8, 4) is 0 Å². The standard InChI is InChI=1S/C24H25N3O3S/c1-15-2-6-21(31-15)17-8-10-26(11-9-17)13-16-3-4-19-18(12-16)14-27(24(19)30)20-5-7-22(28)25-23(20)29/h2-4,6,8,12,20H,5,7,9-11,13-14H2,1H3,(H,25,28,29). The number of piperidine rings is 1. The molecule has 2 aromatic rings. The summed E-state index contributed by atoms with van der Waals surface area (Å²) < 4.78 is 0. The second-order valence-electron chi connectivity index (χ2n) is 8.52. The summed E-state index contributed by atoms with van der Waals surface area (Å²) in [4.78, 5) is 43.2. The van der Waals surface area contributed by atoms with E-state index in [1.165, 1.54) is 20.9 Å². The number of carbonyl (C=O) groups excluding carboxylic acids is 3. The van der Waals surface area contributed by atoms with Crippen molar-refractivity contribution in [3.05, 3.63) is 62.9 Å². The highest BCUT2D eigenvalue weighted by molar-refractivity contribution is 7.13. The summed E-state index contributed by atoms with van der Waals surface area (Å²) in [6, 6.07) is 9.84. The van der Waals surface area contributed by atoms with Crippen LogP contribution in [-0.2, 0) is 22.7 Å². The molecule has 3 aliphatic rings. The van der Waals surface area contributed by atoms with Gasteiger partial charge in [0.15, 0.2) is 0 Å². The largest absolute Gasteiger partial charge is 0.322 e. The first-order valence-electron chi connectivity index (χ1n) is 10.7. The predicted octanol–water partition coefficient (Wildman–Crippen LogP) is 3.11. The molecule has 1 unspecified atom stereocenters. The molecule has 1 aromatic heterocycles. The van der Waals surface area contributed by atoms with Gasteiger partial charge in [0.2, 0.25) is 11.8 Å². The number of aryl methyl sites for hydroxylation is 1. The van der Waals surface area contributed by atoms with Gasteiger partial charge in [-0.3, -0.25) is 24.6 Å². The summed E-state index contributed by atoms with van der Waals surface area (Å²) >= 11 is 1.85. The lowest BCUT2D eigenvalue weighted by Gasteiger charge is -2.29. The number of benzene rings is 1. The fraction of sp³-hybridized carbons (Fsp3) is 0.375. The van der Waals surface area contributed by atoms with Crippen LogP contribution in [-0.4, -0.2) is 46.7 Å². The molecule has 1 saturated heterocycles. The minimum Gasteiger partial charge on any atom is -0.322 e. The van der Waals surface area contributed by atoms with Crippen molar-refractivity contribution in [1.82, 2.24) is 15.1 Å². The van der Waals surface area contributed by atoms with Crippen LogP contribution in [0.5, 0.6) is 0 Å². The third-order valence-corrected chi connectivity index (χ3v) is 7.42. The number of imide groups is 1. The molecule has 7 heteroatoms. The van der Waals surface area contributed by atoms with Gasteiger partial charge in [0, 0.05) is 47.9 Å². The van der Waals surface area contributed by atoms with Crippen molar-refractivity contribution in [2.75, 3.05) is 13.1 Å². The fourth-order valence-electron chi connectivity index (χ4n) is 4.67. The molecular weight excluding hydrogens is 410 g/mol. The summed E-state index contributed by atoms with van der Waals surface area (Å²) in [5.41, 5.74) is 4.26.